The lowest BCUT2D eigenvalue weighted by molar-refractivity contribution is -0.136. The van der Waals surface area contributed by atoms with Crippen LogP contribution < -0.4 is 0 Å². The molecule has 3 nitrogen and oxygen atoms in total. The molecule has 1 heterocycles. The molecule has 54 valence electrons. The van der Waals surface area contributed by atoms with E-state index in [1.165, 1.54) is 0 Å². The number of rotatable bonds is 2. The largest absolute Gasteiger partial charge is 0.481 e. The Hall–Kier alpha value is -1.32. The SMILES string of the molecule is O=C(O)Cc1cc(F)co1. The smallest absolute Gasteiger partial charge is 0.311 e. The van der Waals surface area contributed by atoms with Crippen LogP contribution in [0.2, 0.25) is 0 Å². The second-order valence-electron chi connectivity index (χ2n) is 1.80. The fraction of sp³-hybridized carbons (Fsp3) is 0.167. The van der Waals surface area contributed by atoms with Gasteiger partial charge < -0.3 is 9.52 Å². The first kappa shape index (κ1) is 6.80. The fourth-order valence-electron chi connectivity index (χ4n) is 0.596. The highest BCUT2D eigenvalue weighted by molar-refractivity contribution is 5.69. The number of carboxylic acid groups (broad SMARTS) is 1. The molecule has 0 fully saturated rings. The van der Waals surface area contributed by atoms with Crippen molar-refractivity contribution in [2.24, 2.45) is 0 Å². The highest BCUT2D eigenvalue weighted by atomic mass is 19.1. The van der Waals surface area contributed by atoms with Crippen LogP contribution in [0, 0.1) is 5.82 Å². The predicted octanol–water partition coefficient (Wildman–Crippen LogP) is 1.05. The molecule has 0 atom stereocenters. The number of carbonyl (C=O) groups is 1. The Morgan fingerprint density at radius 3 is 2.90 bits per heavy atom. The number of hydrogen-bond acceptors (Lipinski definition) is 2. The number of carboxylic acids is 1. The summed E-state index contributed by atoms with van der Waals surface area (Å²) in [5.74, 6) is -1.45. The standard InChI is InChI=1S/C6H5FO3/c7-4-1-5(10-3-4)2-6(8)9/h1,3H,2H2,(H,8,9). The minimum atomic E-state index is -1.03. The molecule has 0 amide bonds. The van der Waals surface area contributed by atoms with Crippen LogP contribution in [0.4, 0.5) is 4.39 Å². The molecule has 0 saturated carbocycles. The molecule has 1 aromatic heterocycles. The molecule has 1 rings (SSSR count). The Bertz CT molecular complexity index is 241. The van der Waals surface area contributed by atoms with Crippen molar-refractivity contribution in [1.82, 2.24) is 0 Å². The molecule has 0 bridgehead atoms. The van der Waals surface area contributed by atoms with Crippen molar-refractivity contribution >= 4 is 5.97 Å². The highest BCUT2D eigenvalue weighted by Gasteiger charge is 2.04. The summed E-state index contributed by atoms with van der Waals surface area (Å²) >= 11 is 0. The molecule has 0 aromatic carbocycles. The monoisotopic (exact) mass is 144 g/mol. The van der Waals surface area contributed by atoms with Crippen molar-refractivity contribution in [3.63, 3.8) is 0 Å². The van der Waals surface area contributed by atoms with E-state index >= 15 is 0 Å². The van der Waals surface area contributed by atoms with Gasteiger partial charge in [0.2, 0.25) is 0 Å². The van der Waals surface area contributed by atoms with Crippen LogP contribution in [0.5, 0.6) is 0 Å². The topological polar surface area (TPSA) is 50.4 Å². The van der Waals surface area contributed by atoms with Gasteiger partial charge in [0.15, 0.2) is 5.82 Å². The Kier molecular flexibility index (Phi) is 1.71. The van der Waals surface area contributed by atoms with Crippen molar-refractivity contribution in [3.05, 3.63) is 23.9 Å². The van der Waals surface area contributed by atoms with Crippen LogP contribution in [-0.2, 0) is 11.2 Å². The van der Waals surface area contributed by atoms with Gasteiger partial charge in [-0.05, 0) is 0 Å². The van der Waals surface area contributed by atoms with Gasteiger partial charge in [-0.25, -0.2) is 4.39 Å². The van der Waals surface area contributed by atoms with Crippen LogP contribution in [-0.4, -0.2) is 11.1 Å². The van der Waals surface area contributed by atoms with Gasteiger partial charge in [-0.2, -0.15) is 0 Å². The third-order valence-electron chi connectivity index (χ3n) is 0.947. The van der Waals surface area contributed by atoms with Gasteiger partial charge in [0.25, 0.3) is 0 Å². The lowest BCUT2D eigenvalue weighted by Gasteiger charge is -1.85. The fourth-order valence-corrected chi connectivity index (χ4v) is 0.596. The summed E-state index contributed by atoms with van der Waals surface area (Å²) in [6, 6.07) is 1.05. The molecule has 10 heavy (non-hydrogen) atoms. The van der Waals surface area contributed by atoms with Gasteiger partial charge in [-0.1, -0.05) is 0 Å². The van der Waals surface area contributed by atoms with E-state index in [1.54, 1.807) is 0 Å². The van der Waals surface area contributed by atoms with Crippen LogP contribution in [0.3, 0.4) is 0 Å². The third kappa shape index (κ3) is 1.58. The van der Waals surface area contributed by atoms with E-state index in [1.807, 2.05) is 0 Å². The summed E-state index contributed by atoms with van der Waals surface area (Å²) in [6.45, 7) is 0. The van der Waals surface area contributed by atoms with Crippen LogP contribution in [0.25, 0.3) is 0 Å². The first-order chi connectivity index (χ1) is 4.68. The number of aliphatic carboxylic acids is 1. The molecule has 0 saturated heterocycles. The van der Waals surface area contributed by atoms with Crippen molar-refractivity contribution in [1.29, 1.82) is 0 Å². The summed E-state index contributed by atoms with van der Waals surface area (Å²) in [5, 5.41) is 8.19. The average Bonchev–Trinajstić information content (AvgIpc) is 2.13. The Labute approximate surface area is 56.1 Å². The maximum Gasteiger partial charge on any atom is 0.311 e. The zero-order chi connectivity index (χ0) is 7.56. The molecule has 1 N–H and O–H groups in total. The van der Waals surface area contributed by atoms with Gasteiger partial charge in [-0.15, -0.1) is 0 Å². The zero-order valence-corrected chi connectivity index (χ0v) is 5.00. The number of halogens is 1. The van der Waals surface area contributed by atoms with E-state index in [0.717, 1.165) is 12.3 Å². The summed E-state index contributed by atoms with van der Waals surface area (Å²) in [4.78, 5) is 10.00. The molecule has 0 aliphatic rings. The van der Waals surface area contributed by atoms with E-state index in [-0.39, 0.29) is 12.2 Å². The van der Waals surface area contributed by atoms with Gasteiger partial charge >= 0.3 is 5.97 Å². The molecule has 0 aliphatic heterocycles. The number of furan rings is 1. The van der Waals surface area contributed by atoms with E-state index in [9.17, 15) is 9.18 Å². The predicted molar refractivity (Wildman–Crippen MR) is 30.0 cm³/mol. The zero-order valence-electron chi connectivity index (χ0n) is 5.00. The highest BCUT2D eigenvalue weighted by Crippen LogP contribution is 2.05. The quantitative estimate of drug-likeness (QED) is 0.674. The Morgan fingerprint density at radius 1 is 1.80 bits per heavy atom. The summed E-state index contributed by atoms with van der Waals surface area (Å²) in [7, 11) is 0. The lowest BCUT2D eigenvalue weighted by Crippen LogP contribution is -1.97. The second-order valence-corrected chi connectivity index (χ2v) is 1.80. The van der Waals surface area contributed by atoms with Crippen molar-refractivity contribution in [2.45, 2.75) is 6.42 Å². The minimum Gasteiger partial charge on any atom is -0.481 e. The molecular weight excluding hydrogens is 139 g/mol. The average molecular weight is 144 g/mol. The second kappa shape index (κ2) is 2.51. The molecule has 0 unspecified atom stereocenters. The summed E-state index contributed by atoms with van der Waals surface area (Å²) in [5.41, 5.74) is 0. The third-order valence-corrected chi connectivity index (χ3v) is 0.947. The lowest BCUT2D eigenvalue weighted by atomic mass is 10.3. The van der Waals surface area contributed by atoms with E-state index in [4.69, 9.17) is 5.11 Å². The van der Waals surface area contributed by atoms with E-state index in [0.29, 0.717) is 0 Å². The van der Waals surface area contributed by atoms with Gasteiger partial charge in [0.1, 0.15) is 18.4 Å². The van der Waals surface area contributed by atoms with Crippen LogP contribution >= 0.6 is 0 Å². The molecular formula is C6H5FO3. The Morgan fingerprint density at radius 2 is 2.50 bits per heavy atom. The molecule has 1 aromatic rings. The molecule has 4 heteroatoms. The Balaban J connectivity index is 2.67. The first-order valence-corrected chi connectivity index (χ1v) is 2.63. The van der Waals surface area contributed by atoms with Crippen molar-refractivity contribution in [3.8, 4) is 0 Å². The first-order valence-electron chi connectivity index (χ1n) is 2.63. The van der Waals surface area contributed by atoms with Gasteiger partial charge in [-0.3, -0.25) is 4.79 Å². The molecule has 0 spiro atoms. The van der Waals surface area contributed by atoms with Crippen molar-refractivity contribution in [2.75, 3.05) is 0 Å². The summed E-state index contributed by atoms with van der Waals surface area (Å²) in [6.07, 6.45) is 0.599. The van der Waals surface area contributed by atoms with Gasteiger partial charge in [0.05, 0.1) is 0 Å². The van der Waals surface area contributed by atoms with Crippen LogP contribution in [0.15, 0.2) is 16.7 Å². The molecule has 0 radical (unpaired) electrons. The summed E-state index contributed by atoms with van der Waals surface area (Å²) < 4.78 is 16.6. The maximum atomic E-state index is 12.1. The van der Waals surface area contributed by atoms with Crippen LogP contribution in [0.1, 0.15) is 5.76 Å². The molecule has 0 aliphatic carbocycles. The van der Waals surface area contributed by atoms with Gasteiger partial charge in [0, 0.05) is 6.07 Å². The maximum absolute atomic E-state index is 12.1. The normalized spacial score (nSPS) is 9.70. The minimum absolute atomic E-state index is 0.130. The number of hydrogen-bond donors (Lipinski definition) is 1. The van der Waals surface area contributed by atoms with Crippen molar-refractivity contribution < 1.29 is 18.7 Å². The van der Waals surface area contributed by atoms with E-state index < -0.39 is 11.8 Å². The van der Waals surface area contributed by atoms with E-state index in [2.05, 4.69) is 4.42 Å².